The number of nitrogens with zero attached hydrogens (tertiary/aromatic N) is 1. The molecule has 0 heterocycles. The first-order valence-corrected chi connectivity index (χ1v) is 6.61. The van der Waals surface area contributed by atoms with E-state index in [2.05, 4.69) is 0 Å². The van der Waals surface area contributed by atoms with E-state index < -0.39 is 25.4 Å². The van der Waals surface area contributed by atoms with E-state index in [1.54, 1.807) is 24.3 Å². The third-order valence-electron chi connectivity index (χ3n) is 2.83. The lowest BCUT2D eigenvalue weighted by Crippen LogP contribution is -2.38. The Kier molecular flexibility index (Phi) is 6.53. The lowest BCUT2D eigenvalue weighted by atomic mass is 10.1. The Labute approximate surface area is 126 Å². The van der Waals surface area contributed by atoms with Gasteiger partial charge in [-0.1, -0.05) is 36.5 Å². The largest absolute Gasteiger partial charge is 0.401 e. The van der Waals surface area contributed by atoms with Crippen LogP contribution >= 0.6 is 12.2 Å². The minimum Gasteiger partial charge on any atom is -0.395 e. The highest BCUT2D eigenvalue weighted by molar-refractivity contribution is 7.80. The second-order valence-corrected chi connectivity index (χ2v) is 5.02. The van der Waals surface area contributed by atoms with Gasteiger partial charge in [0.2, 0.25) is 0 Å². The summed E-state index contributed by atoms with van der Waals surface area (Å²) in [5.74, 6) is 0. The summed E-state index contributed by atoms with van der Waals surface area (Å²) >= 11 is 4.79. The number of benzene rings is 1. The smallest absolute Gasteiger partial charge is 0.395 e. The van der Waals surface area contributed by atoms with Gasteiger partial charge in [-0.3, -0.25) is 4.90 Å². The number of thiocarbonyl (C=S) groups is 1. The summed E-state index contributed by atoms with van der Waals surface area (Å²) in [4.78, 5) is 1.15. The lowest BCUT2D eigenvalue weighted by molar-refractivity contribution is -0.149. The van der Waals surface area contributed by atoms with Crippen LogP contribution in [-0.4, -0.2) is 52.5 Å². The summed E-state index contributed by atoms with van der Waals surface area (Å²) in [6.07, 6.45) is -5.48. The zero-order valence-corrected chi connectivity index (χ0v) is 12.0. The van der Waals surface area contributed by atoms with Crippen molar-refractivity contribution in [2.24, 2.45) is 5.73 Å². The normalized spacial score (nSPS) is 13.4. The fourth-order valence-electron chi connectivity index (χ4n) is 1.85. The summed E-state index contributed by atoms with van der Waals surface area (Å²) in [5.41, 5.74) is 6.51. The first kappa shape index (κ1) is 17.8. The van der Waals surface area contributed by atoms with Crippen molar-refractivity contribution in [1.82, 2.24) is 4.90 Å². The number of rotatable bonds is 7. The van der Waals surface area contributed by atoms with Crippen molar-refractivity contribution in [2.75, 3.05) is 26.2 Å². The molecule has 1 aromatic carbocycles. The van der Waals surface area contributed by atoms with Crippen LogP contribution in [0.15, 0.2) is 24.3 Å². The molecular formula is C13H17F3N2O2S. The average molecular weight is 322 g/mol. The van der Waals surface area contributed by atoms with E-state index in [-0.39, 0.29) is 18.1 Å². The van der Waals surface area contributed by atoms with Gasteiger partial charge in [0.25, 0.3) is 0 Å². The van der Waals surface area contributed by atoms with E-state index in [4.69, 9.17) is 23.1 Å². The summed E-state index contributed by atoms with van der Waals surface area (Å²) in [6, 6.07) is 6.32. The SMILES string of the molecule is NC(=S)c1ccc(C(O)CN(CCO)CC(F)(F)F)cc1. The maximum absolute atomic E-state index is 12.4. The zero-order valence-electron chi connectivity index (χ0n) is 11.2. The molecule has 0 amide bonds. The van der Waals surface area contributed by atoms with E-state index in [0.29, 0.717) is 11.1 Å². The van der Waals surface area contributed by atoms with Gasteiger partial charge < -0.3 is 15.9 Å². The molecule has 0 saturated carbocycles. The highest BCUT2D eigenvalue weighted by Gasteiger charge is 2.31. The van der Waals surface area contributed by atoms with Gasteiger partial charge in [-0.25, -0.2) is 0 Å². The first-order valence-electron chi connectivity index (χ1n) is 6.20. The van der Waals surface area contributed by atoms with E-state index in [9.17, 15) is 18.3 Å². The molecule has 118 valence electrons. The monoisotopic (exact) mass is 322 g/mol. The molecule has 0 aliphatic rings. The maximum atomic E-state index is 12.4. The van der Waals surface area contributed by atoms with Crippen LogP contribution in [0.2, 0.25) is 0 Å². The van der Waals surface area contributed by atoms with E-state index in [0.717, 1.165) is 4.90 Å². The van der Waals surface area contributed by atoms with Crippen molar-refractivity contribution in [3.63, 3.8) is 0 Å². The molecule has 4 N–H and O–H groups in total. The highest BCUT2D eigenvalue weighted by Crippen LogP contribution is 2.20. The molecule has 0 saturated heterocycles. The molecule has 0 spiro atoms. The number of alkyl halides is 3. The van der Waals surface area contributed by atoms with Gasteiger partial charge in [0.15, 0.2) is 0 Å². The molecule has 0 fully saturated rings. The number of aliphatic hydroxyl groups excluding tert-OH is 2. The summed E-state index contributed by atoms with van der Waals surface area (Å²) in [6.45, 7) is -1.99. The minimum atomic E-state index is -4.38. The van der Waals surface area contributed by atoms with Crippen molar-refractivity contribution in [1.29, 1.82) is 0 Å². The Morgan fingerprint density at radius 2 is 1.86 bits per heavy atom. The quantitative estimate of drug-likeness (QED) is 0.658. The molecule has 0 bridgehead atoms. The van der Waals surface area contributed by atoms with Gasteiger partial charge in [0.1, 0.15) is 4.99 Å². The number of aliphatic hydroxyl groups is 2. The van der Waals surface area contributed by atoms with Crippen LogP contribution in [0.3, 0.4) is 0 Å². The molecule has 0 aliphatic carbocycles. The Bertz CT molecular complexity index is 465. The maximum Gasteiger partial charge on any atom is 0.401 e. The van der Waals surface area contributed by atoms with Crippen LogP contribution in [-0.2, 0) is 0 Å². The Hall–Kier alpha value is -1.22. The van der Waals surface area contributed by atoms with E-state index in [1.807, 2.05) is 0 Å². The van der Waals surface area contributed by atoms with Crippen molar-refractivity contribution in [3.05, 3.63) is 35.4 Å². The van der Waals surface area contributed by atoms with Gasteiger partial charge >= 0.3 is 6.18 Å². The molecule has 1 aromatic rings. The number of hydrogen-bond acceptors (Lipinski definition) is 4. The molecule has 1 atom stereocenters. The molecule has 1 rings (SSSR count). The van der Waals surface area contributed by atoms with Crippen molar-refractivity contribution in [3.8, 4) is 0 Å². The molecule has 1 unspecified atom stereocenters. The predicted molar refractivity (Wildman–Crippen MR) is 76.9 cm³/mol. The Morgan fingerprint density at radius 3 is 2.29 bits per heavy atom. The lowest BCUT2D eigenvalue weighted by Gasteiger charge is -2.25. The standard InChI is InChI=1S/C13H17F3N2O2S/c14-13(15,16)8-18(5-6-19)7-11(20)9-1-3-10(4-2-9)12(17)21/h1-4,11,19-20H,5-8H2,(H2,17,21). The number of hydrogen-bond donors (Lipinski definition) is 3. The van der Waals surface area contributed by atoms with Crippen LogP contribution in [0.1, 0.15) is 17.2 Å². The van der Waals surface area contributed by atoms with Crippen LogP contribution in [0.25, 0.3) is 0 Å². The molecule has 21 heavy (non-hydrogen) atoms. The van der Waals surface area contributed by atoms with Crippen LogP contribution in [0, 0.1) is 0 Å². The van der Waals surface area contributed by atoms with Gasteiger partial charge in [0.05, 0.1) is 19.3 Å². The molecule has 0 aliphatic heterocycles. The fraction of sp³-hybridized carbons (Fsp3) is 0.462. The number of halogens is 3. The van der Waals surface area contributed by atoms with E-state index >= 15 is 0 Å². The molecular weight excluding hydrogens is 305 g/mol. The zero-order chi connectivity index (χ0) is 16.0. The second-order valence-electron chi connectivity index (χ2n) is 4.58. The fourth-order valence-corrected chi connectivity index (χ4v) is 1.99. The minimum absolute atomic E-state index is 0.165. The van der Waals surface area contributed by atoms with Crippen LogP contribution in [0.4, 0.5) is 13.2 Å². The van der Waals surface area contributed by atoms with Gasteiger partial charge in [-0.05, 0) is 5.56 Å². The molecule has 4 nitrogen and oxygen atoms in total. The average Bonchev–Trinajstić information content (AvgIpc) is 2.37. The van der Waals surface area contributed by atoms with Crippen molar-refractivity contribution in [2.45, 2.75) is 12.3 Å². The second kappa shape index (κ2) is 7.69. The molecule has 8 heteroatoms. The first-order chi connectivity index (χ1) is 9.73. The third-order valence-corrected chi connectivity index (χ3v) is 3.07. The Balaban J connectivity index is 2.72. The van der Waals surface area contributed by atoms with Gasteiger partial charge in [-0.2, -0.15) is 13.2 Å². The van der Waals surface area contributed by atoms with Gasteiger partial charge in [-0.15, -0.1) is 0 Å². The van der Waals surface area contributed by atoms with Crippen molar-refractivity contribution < 1.29 is 23.4 Å². The summed E-state index contributed by atoms with van der Waals surface area (Å²) in [5, 5.41) is 18.8. The van der Waals surface area contributed by atoms with Crippen LogP contribution < -0.4 is 5.73 Å². The highest BCUT2D eigenvalue weighted by atomic mass is 32.1. The van der Waals surface area contributed by atoms with E-state index in [1.165, 1.54) is 0 Å². The third kappa shape index (κ3) is 6.38. The van der Waals surface area contributed by atoms with Crippen LogP contribution in [0.5, 0.6) is 0 Å². The number of nitrogens with two attached hydrogens (primary N) is 1. The molecule has 0 radical (unpaired) electrons. The molecule has 0 aromatic heterocycles. The predicted octanol–water partition coefficient (Wildman–Crippen LogP) is 1.21. The Morgan fingerprint density at radius 1 is 1.29 bits per heavy atom. The van der Waals surface area contributed by atoms with Gasteiger partial charge in [0, 0.05) is 18.7 Å². The summed E-state index contributed by atoms with van der Waals surface area (Å²) in [7, 11) is 0. The topological polar surface area (TPSA) is 69.7 Å². The summed E-state index contributed by atoms with van der Waals surface area (Å²) < 4.78 is 37.2. The van der Waals surface area contributed by atoms with Crippen molar-refractivity contribution >= 4 is 17.2 Å².